The second-order valence-corrected chi connectivity index (χ2v) is 5.95. The number of nitrogens with one attached hydrogen (secondary N) is 1. The van der Waals surface area contributed by atoms with Gasteiger partial charge in [-0.2, -0.15) is 0 Å². The van der Waals surface area contributed by atoms with Crippen LogP contribution >= 0.6 is 12.4 Å². The lowest BCUT2D eigenvalue weighted by Crippen LogP contribution is -2.39. The molecule has 3 rings (SSSR count). The first kappa shape index (κ1) is 17.5. The van der Waals surface area contributed by atoms with E-state index in [0.29, 0.717) is 18.0 Å². The maximum Gasteiger partial charge on any atom is 0.251 e. The summed E-state index contributed by atoms with van der Waals surface area (Å²) in [5.74, 6) is 0.428. The molecule has 4 heteroatoms. The lowest BCUT2D eigenvalue weighted by molar-refractivity contribution is 0.0929. The van der Waals surface area contributed by atoms with E-state index in [9.17, 15) is 4.79 Å². The highest BCUT2D eigenvalue weighted by Crippen LogP contribution is 2.25. The van der Waals surface area contributed by atoms with Gasteiger partial charge in [-0.1, -0.05) is 48.9 Å². The molecule has 0 aromatic heterocycles. The smallest absolute Gasteiger partial charge is 0.251 e. The van der Waals surface area contributed by atoms with Crippen molar-refractivity contribution >= 4 is 18.3 Å². The Morgan fingerprint density at radius 1 is 1.00 bits per heavy atom. The van der Waals surface area contributed by atoms with Gasteiger partial charge in [-0.25, -0.2) is 0 Å². The van der Waals surface area contributed by atoms with Gasteiger partial charge in [0.25, 0.3) is 5.91 Å². The average Bonchev–Trinajstić information content (AvgIpc) is 3.03. The second kappa shape index (κ2) is 8.14. The van der Waals surface area contributed by atoms with E-state index < -0.39 is 0 Å². The van der Waals surface area contributed by atoms with Crippen LogP contribution in [0.15, 0.2) is 54.6 Å². The number of nitrogens with two attached hydrogens (primary N) is 1. The molecule has 1 aliphatic rings. The summed E-state index contributed by atoms with van der Waals surface area (Å²) >= 11 is 0. The molecule has 122 valence electrons. The molecule has 1 fully saturated rings. The highest BCUT2D eigenvalue weighted by Gasteiger charge is 2.27. The molecule has 0 aliphatic heterocycles. The van der Waals surface area contributed by atoms with Crippen LogP contribution in [0.1, 0.15) is 29.6 Å². The van der Waals surface area contributed by atoms with Crippen molar-refractivity contribution in [3.05, 3.63) is 60.2 Å². The summed E-state index contributed by atoms with van der Waals surface area (Å²) in [5, 5.41) is 3.14. The lowest BCUT2D eigenvalue weighted by atomic mass is 10.0. The molecule has 0 spiro atoms. The summed E-state index contributed by atoms with van der Waals surface area (Å²) in [6.07, 6.45) is 3.31. The molecular weight excluding hydrogens is 308 g/mol. The first-order chi connectivity index (χ1) is 10.8. The van der Waals surface area contributed by atoms with Gasteiger partial charge in [0.05, 0.1) is 0 Å². The van der Waals surface area contributed by atoms with E-state index >= 15 is 0 Å². The van der Waals surface area contributed by atoms with E-state index in [0.717, 1.165) is 30.4 Å². The molecule has 23 heavy (non-hydrogen) atoms. The molecular formula is C19H23ClN2O. The summed E-state index contributed by atoms with van der Waals surface area (Å²) in [7, 11) is 0. The number of rotatable bonds is 4. The summed E-state index contributed by atoms with van der Waals surface area (Å²) < 4.78 is 0. The minimum Gasteiger partial charge on any atom is -0.349 e. The van der Waals surface area contributed by atoms with Gasteiger partial charge in [-0.05, 0) is 48.6 Å². The third kappa shape index (κ3) is 4.12. The Balaban J connectivity index is 0.00000192. The molecule has 2 aromatic rings. The maximum absolute atomic E-state index is 12.4. The summed E-state index contributed by atoms with van der Waals surface area (Å²) in [6, 6.07) is 18.2. The van der Waals surface area contributed by atoms with Crippen LogP contribution in [0.3, 0.4) is 0 Å². The first-order valence-electron chi connectivity index (χ1n) is 7.94. The molecule has 1 saturated carbocycles. The highest BCUT2D eigenvalue weighted by atomic mass is 35.5. The van der Waals surface area contributed by atoms with Gasteiger partial charge < -0.3 is 11.1 Å². The van der Waals surface area contributed by atoms with Crippen LogP contribution in [-0.4, -0.2) is 18.5 Å². The minimum atomic E-state index is 0. The highest BCUT2D eigenvalue weighted by molar-refractivity contribution is 5.94. The Hall–Kier alpha value is -1.84. The van der Waals surface area contributed by atoms with Crippen LogP contribution in [0.2, 0.25) is 0 Å². The van der Waals surface area contributed by atoms with E-state index in [2.05, 4.69) is 17.4 Å². The zero-order valence-corrected chi connectivity index (χ0v) is 13.9. The average molecular weight is 331 g/mol. The second-order valence-electron chi connectivity index (χ2n) is 5.95. The van der Waals surface area contributed by atoms with Crippen molar-refractivity contribution in [3.63, 3.8) is 0 Å². The van der Waals surface area contributed by atoms with E-state index in [-0.39, 0.29) is 24.4 Å². The number of halogens is 1. The largest absolute Gasteiger partial charge is 0.349 e. The van der Waals surface area contributed by atoms with E-state index in [1.165, 1.54) is 0 Å². The van der Waals surface area contributed by atoms with Crippen LogP contribution in [0, 0.1) is 5.92 Å². The lowest BCUT2D eigenvalue weighted by Gasteiger charge is -2.19. The molecule has 3 N–H and O–H groups in total. The number of hydrogen-bond donors (Lipinski definition) is 2. The SMILES string of the molecule is Cl.NCC1CCCC1NC(=O)c1ccc(-c2ccccc2)cc1. The first-order valence-corrected chi connectivity index (χ1v) is 7.94. The molecule has 1 aliphatic carbocycles. The number of amides is 1. The molecule has 3 nitrogen and oxygen atoms in total. The van der Waals surface area contributed by atoms with Crippen molar-refractivity contribution in [1.29, 1.82) is 0 Å². The fraction of sp³-hybridized carbons (Fsp3) is 0.316. The maximum atomic E-state index is 12.4. The minimum absolute atomic E-state index is 0. The van der Waals surface area contributed by atoms with Crippen LogP contribution in [0.4, 0.5) is 0 Å². The molecule has 0 radical (unpaired) electrons. The molecule has 0 heterocycles. The summed E-state index contributed by atoms with van der Waals surface area (Å²) in [4.78, 5) is 12.4. The van der Waals surface area contributed by atoms with E-state index in [4.69, 9.17) is 5.73 Å². The van der Waals surface area contributed by atoms with Gasteiger partial charge in [0.1, 0.15) is 0 Å². The van der Waals surface area contributed by atoms with Gasteiger partial charge in [0, 0.05) is 11.6 Å². The van der Waals surface area contributed by atoms with Crippen molar-refractivity contribution in [2.24, 2.45) is 11.7 Å². The Kier molecular flexibility index (Phi) is 6.20. The van der Waals surface area contributed by atoms with Gasteiger partial charge in [0.2, 0.25) is 0 Å². The Bertz CT molecular complexity index is 628. The monoisotopic (exact) mass is 330 g/mol. The molecule has 2 atom stereocenters. The number of benzene rings is 2. The standard InChI is InChI=1S/C19H22N2O.ClH/c20-13-17-7-4-8-18(17)21-19(22)16-11-9-15(10-12-16)14-5-2-1-3-6-14;/h1-3,5-6,9-12,17-18H,4,7-8,13,20H2,(H,21,22);1H. The predicted octanol–water partition coefficient (Wildman–Crippen LogP) is 3.63. The van der Waals surface area contributed by atoms with Crippen LogP contribution in [0.25, 0.3) is 11.1 Å². The Morgan fingerprint density at radius 2 is 1.65 bits per heavy atom. The summed E-state index contributed by atoms with van der Waals surface area (Å²) in [5.41, 5.74) is 8.77. The number of carbonyl (C=O) groups excluding carboxylic acids is 1. The zero-order chi connectivity index (χ0) is 15.4. The van der Waals surface area contributed by atoms with Crippen molar-refractivity contribution in [2.75, 3.05) is 6.54 Å². The predicted molar refractivity (Wildman–Crippen MR) is 96.8 cm³/mol. The van der Waals surface area contributed by atoms with Gasteiger partial charge in [-0.3, -0.25) is 4.79 Å². The Labute approximate surface area is 143 Å². The molecule has 0 saturated heterocycles. The number of carbonyl (C=O) groups is 1. The van der Waals surface area contributed by atoms with Crippen molar-refractivity contribution in [2.45, 2.75) is 25.3 Å². The van der Waals surface area contributed by atoms with Gasteiger partial charge in [-0.15, -0.1) is 12.4 Å². The van der Waals surface area contributed by atoms with E-state index in [1.807, 2.05) is 42.5 Å². The van der Waals surface area contributed by atoms with Crippen LogP contribution in [0.5, 0.6) is 0 Å². The molecule has 1 amide bonds. The normalized spacial score (nSPS) is 19.9. The van der Waals surface area contributed by atoms with Crippen molar-refractivity contribution in [1.82, 2.24) is 5.32 Å². The third-order valence-electron chi connectivity index (χ3n) is 4.53. The molecule has 0 bridgehead atoms. The molecule has 2 unspecified atom stereocenters. The van der Waals surface area contributed by atoms with E-state index in [1.54, 1.807) is 0 Å². The summed E-state index contributed by atoms with van der Waals surface area (Å²) in [6.45, 7) is 0.651. The molecule has 2 aromatic carbocycles. The zero-order valence-electron chi connectivity index (χ0n) is 13.1. The fourth-order valence-corrected chi connectivity index (χ4v) is 3.21. The quantitative estimate of drug-likeness (QED) is 0.899. The number of hydrogen-bond acceptors (Lipinski definition) is 2. The topological polar surface area (TPSA) is 55.1 Å². The van der Waals surface area contributed by atoms with Gasteiger partial charge >= 0.3 is 0 Å². The fourth-order valence-electron chi connectivity index (χ4n) is 3.21. The third-order valence-corrected chi connectivity index (χ3v) is 4.53. The Morgan fingerprint density at radius 3 is 2.30 bits per heavy atom. The van der Waals surface area contributed by atoms with Crippen LogP contribution < -0.4 is 11.1 Å². The van der Waals surface area contributed by atoms with Crippen molar-refractivity contribution in [3.8, 4) is 11.1 Å². The van der Waals surface area contributed by atoms with Crippen molar-refractivity contribution < 1.29 is 4.79 Å². The van der Waals surface area contributed by atoms with Crippen LogP contribution in [-0.2, 0) is 0 Å². The van der Waals surface area contributed by atoms with Gasteiger partial charge in [0.15, 0.2) is 0 Å².